The second-order valence-corrected chi connectivity index (χ2v) is 8.17. The van der Waals surface area contributed by atoms with Crippen LogP contribution < -0.4 is 15.1 Å². The van der Waals surface area contributed by atoms with Gasteiger partial charge in [-0.05, 0) is 25.7 Å². The lowest BCUT2D eigenvalue weighted by atomic mass is 9.86. The number of nitrogens with one attached hydrogen (secondary N) is 3. The quantitative estimate of drug-likeness (QED) is 0.693. The van der Waals surface area contributed by atoms with E-state index in [1.165, 1.54) is 29.7 Å². The number of rotatable bonds is 5. The Bertz CT molecular complexity index is 539. The summed E-state index contributed by atoms with van der Waals surface area (Å²) in [5.74, 6) is 0.896. The van der Waals surface area contributed by atoms with E-state index >= 15 is 0 Å². The van der Waals surface area contributed by atoms with E-state index in [2.05, 4.69) is 49.5 Å². The molecule has 2 fully saturated rings. The lowest BCUT2D eigenvalue weighted by molar-refractivity contribution is -1.02. The van der Waals surface area contributed by atoms with Crippen molar-refractivity contribution in [3.05, 3.63) is 35.9 Å². The summed E-state index contributed by atoms with van der Waals surface area (Å²) in [4.78, 5) is 15.8. The van der Waals surface area contributed by atoms with Gasteiger partial charge in [-0.1, -0.05) is 50.1 Å². The lowest BCUT2D eigenvalue weighted by Crippen LogP contribution is -3.29. The molecule has 1 aliphatic heterocycles. The first kappa shape index (κ1) is 18.4. The van der Waals surface area contributed by atoms with Gasteiger partial charge in [0.25, 0.3) is 5.91 Å². The number of carbonyl (C=O) groups excluding carboxylic acids is 1. The van der Waals surface area contributed by atoms with Crippen LogP contribution in [-0.2, 0) is 11.3 Å². The lowest BCUT2D eigenvalue weighted by Gasteiger charge is -2.34. The Morgan fingerprint density at radius 1 is 1.12 bits per heavy atom. The molecule has 4 nitrogen and oxygen atoms in total. The fraction of sp³-hybridized carbons (Fsp3) is 0.667. The Labute approximate surface area is 152 Å². The number of amides is 1. The monoisotopic (exact) mass is 345 g/mol. The number of quaternary nitrogens is 2. The third-order valence-corrected chi connectivity index (χ3v) is 6.34. The molecule has 1 amide bonds. The Hall–Kier alpha value is -1.39. The van der Waals surface area contributed by atoms with Crippen LogP contribution in [0.5, 0.6) is 0 Å². The molecular weight excluding hydrogens is 310 g/mol. The van der Waals surface area contributed by atoms with Crippen molar-refractivity contribution < 1.29 is 14.6 Å². The van der Waals surface area contributed by atoms with Crippen molar-refractivity contribution in [2.24, 2.45) is 5.92 Å². The first-order chi connectivity index (χ1) is 12.1. The highest BCUT2D eigenvalue weighted by Gasteiger charge is 2.33. The second kappa shape index (κ2) is 8.81. The fourth-order valence-corrected chi connectivity index (χ4v) is 4.44. The molecule has 25 heavy (non-hydrogen) atoms. The van der Waals surface area contributed by atoms with Crippen molar-refractivity contribution in [2.45, 2.75) is 58.2 Å². The van der Waals surface area contributed by atoms with E-state index in [4.69, 9.17) is 0 Å². The van der Waals surface area contributed by atoms with E-state index in [0.29, 0.717) is 12.0 Å². The van der Waals surface area contributed by atoms with Gasteiger partial charge in [0.05, 0.1) is 0 Å². The third-order valence-electron chi connectivity index (χ3n) is 6.34. The number of hydrogen-bond acceptors (Lipinski definition) is 1. The predicted molar refractivity (Wildman–Crippen MR) is 101 cm³/mol. The van der Waals surface area contributed by atoms with Gasteiger partial charge in [0.2, 0.25) is 0 Å². The van der Waals surface area contributed by atoms with E-state index < -0.39 is 0 Å². The minimum atomic E-state index is 0.0763. The normalized spacial score (nSPS) is 31.3. The molecule has 0 unspecified atom stereocenters. The van der Waals surface area contributed by atoms with Gasteiger partial charge in [0.15, 0.2) is 6.04 Å². The van der Waals surface area contributed by atoms with Gasteiger partial charge < -0.3 is 15.1 Å². The van der Waals surface area contributed by atoms with Gasteiger partial charge in [-0.15, -0.1) is 0 Å². The first-order valence-electron chi connectivity index (χ1n) is 10.2. The number of carbonyl (C=O) groups is 1. The Morgan fingerprint density at radius 3 is 2.48 bits per heavy atom. The number of piperazine rings is 1. The van der Waals surface area contributed by atoms with Gasteiger partial charge in [-0.2, -0.15) is 0 Å². The molecule has 0 spiro atoms. The van der Waals surface area contributed by atoms with Crippen LogP contribution in [0.4, 0.5) is 0 Å². The Morgan fingerprint density at radius 2 is 1.80 bits per heavy atom. The van der Waals surface area contributed by atoms with Crippen molar-refractivity contribution in [3.63, 3.8) is 0 Å². The van der Waals surface area contributed by atoms with Crippen LogP contribution in [-0.4, -0.2) is 44.2 Å². The highest BCUT2D eigenvalue weighted by atomic mass is 16.2. The molecule has 1 saturated carbocycles. The fourth-order valence-electron chi connectivity index (χ4n) is 4.44. The van der Waals surface area contributed by atoms with Gasteiger partial charge in [0, 0.05) is 11.6 Å². The third kappa shape index (κ3) is 5.05. The summed E-state index contributed by atoms with van der Waals surface area (Å²) in [6.45, 7) is 10.00. The van der Waals surface area contributed by atoms with Crippen LogP contribution in [0.1, 0.15) is 45.1 Å². The molecule has 0 radical (unpaired) electrons. The minimum Gasteiger partial charge on any atom is -0.348 e. The SMILES string of the molecule is C[C@@H]1CCCC[C@@H]1NC(=O)[C@@H](C)[NH+]1CC[NH+](Cc2ccccc2)CC1. The largest absolute Gasteiger partial charge is 0.348 e. The molecule has 1 aromatic rings. The van der Waals surface area contributed by atoms with Gasteiger partial charge in [0.1, 0.15) is 32.7 Å². The summed E-state index contributed by atoms with van der Waals surface area (Å²) in [5, 5.41) is 3.35. The van der Waals surface area contributed by atoms with E-state index in [9.17, 15) is 4.79 Å². The van der Waals surface area contributed by atoms with Crippen molar-refractivity contribution in [1.82, 2.24) is 5.32 Å². The molecule has 0 aromatic heterocycles. The van der Waals surface area contributed by atoms with Gasteiger partial charge >= 0.3 is 0 Å². The zero-order valence-corrected chi connectivity index (χ0v) is 15.9. The highest BCUT2D eigenvalue weighted by Crippen LogP contribution is 2.23. The average Bonchev–Trinajstić information content (AvgIpc) is 2.64. The maximum absolute atomic E-state index is 12.7. The number of benzene rings is 1. The topological polar surface area (TPSA) is 38.0 Å². The van der Waals surface area contributed by atoms with Crippen molar-refractivity contribution in [3.8, 4) is 0 Å². The maximum atomic E-state index is 12.7. The van der Waals surface area contributed by atoms with Gasteiger partial charge in [-0.25, -0.2) is 0 Å². The van der Waals surface area contributed by atoms with Crippen LogP contribution in [0.15, 0.2) is 30.3 Å². The molecule has 1 saturated heterocycles. The molecule has 3 N–H and O–H groups in total. The zero-order valence-electron chi connectivity index (χ0n) is 15.9. The van der Waals surface area contributed by atoms with E-state index in [1.807, 2.05) is 0 Å². The minimum absolute atomic E-state index is 0.0763. The standard InChI is InChI=1S/C21H33N3O/c1-17-8-6-7-11-20(17)22-21(25)18(2)24-14-12-23(13-15-24)16-19-9-4-3-5-10-19/h3-5,9-10,17-18,20H,6-8,11-16H2,1-2H3,(H,22,25)/p+2/t17-,18-,20+/m1/s1. The van der Waals surface area contributed by atoms with E-state index in [-0.39, 0.29) is 11.9 Å². The summed E-state index contributed by atoms with van der Waals surface area (Å²) in [6.07, 6.45) is 5.00. The van der Waals surface area contributed by atoms with Crippen LogP contribution in [0.25, 0.3) is 0 Å². The molecule has 4 heteroatoms. The molecule has 3 atom stereocenters. The number of hydrogen-bond donors (Lipinski definition) is 3. The molecule has 0 bridgehead atoms. The molecule has 3 rings (SSSR count). The Balaban J connectivity index is 1.44. The van der Waals surface area contributed by atoms with Gasteiger partial charge in [-0.3, -0.25) is 4.79 Å². The van der Waals surface area contributed by atoms with Crippen LogP contribution in [0, 0.1) is 5.92 Å². The van der Waals surface area contributed by atoms with Crippen molar-refractivity contribution in [2.75, 3.05) is 26.2 Å². The molecule has 2 aliphatic rings. The summed E-state index contributed by atoms with van der Waals surface area (Å²) in [6, 6.07) is 11.2. The Kier molecular flexibility index (Phi) is 6.49. The second-order valence-electron chi connectivity index (χ2n) is 8.17. The summed E-state index contributed by atoms with van der Waals surface area (Å²) >= 11 is 0. The van der Waals surface area contributed by atoms with Crippen LogP contribution in [0.3, 0.4) is 0 Å². The van der Waals surface area contributed by atoms with E-state index in [0.717, 1.165) is 39.1 Å². The molecule has 1 aliphatic carbocycles. The summed E-state index contributed by atoms with van der Waals surface area (Å²) in [5.41, 5.74) is 1.41. The highest BCUT2D eigenvalue weighted by molar-refractivity contribution is 5.80. The molecule has 138 valence electrons. The van der Waals surface area contributed by atoms with Crippen LogP contribution >= 0.6 is 0 Å². The van der Waals surface area contributed by atoms with Crippen molar-refractivity contribution >= 4 is 5.91 Å². The first-order valence-corrected chi connectivity index (χ1v) is 10.2. The maximum Gasteiger partial charge on any atom is 0.278 e. The molecule has 1 aromatic carbocycles. The predicted octanol–water partition coefficient (Wildman–Crippen LogP) is 0.0534. The van der Waals surface area contributed by atoms with Crippen molar-refractivity contribution in [1.29, 1.82) is 0 Å². The smallest absolute Gasteiger partial charge is 0.278 e. The zero-order chi connectivity index (χ0) is 17.6. The summed E-state index contributed by atoms with van der Waals surface area (Å²) < 4.78 is 0. The van der Waals surface area contributed by atoms with Crippen LogP contribution in [0.2, 0.25) is 0 Å². The molecular formula is C21H35N3O+2. The average molecular weight is 346 g/mol. The molecule has 1 heterocycles. The summed E-state index contributed by atoms with van der Waals surface area (Å²) in [7, 11) is 0. The van der Waals surface area contributed by atoms with E-state index in [1.54, 1.807) is 4.90 Å².